The van der Waals surface area contributed by atoms with Crippen LogP contribution in [0, 0.1) is 5.41 Å². The van der Waals surface area contributed by atoms with Gasteiger partial charge in [-0.3, -0.25) is 4.79 Å². The van der Waals surface area contributed by atoms with Crippen LogP contribution >= 0.6 is 0 Å². The van der Waals surface area contributed by atoms with Crippen LogP contribution in [0.3, 0.4) is 0 Å². The van der Waals surface area contributed by atoms with Gasteiger partial charge in [-0.15, -0.1) is 0 Å². The highest BCUT2D eigenvalue weighted by atomic mass is 16.2. The second-order valence-electron chi connectivity index (χ2n) is 6.03. The van der Waals surface area contributed by atoms with Crippen LogP contribution in [-0.2, 0) is 11.3 Å². The molecule has 1 aromatic rings. The fourth-order valence-electron chi connectivity index (χ4n) is 2.30. The first-order valence-corrected chi connectivity index (χ1v) is 6.53. The van der Waals surface area contributed by atoms with Crippen molar-refractivity contribution in [3.8, 4) is 0 Å². The Kier molecular flexibility index (Phi) is 3.33. The average Bonchev–Trinajstić information content (AvgIpc) is 2.74. The van der Waals surface area contributed by atoms with Gasteiger partial charge in [0.2, 0.25) is 5.91 Å². The van der Waals surface area contributed by atoms with Crippen molar-refractivity contribution in [3.63, 3.8) is 0 Å². The van der Waals surface area contributed by atoms with Gasteiger partial charge in [-0.2, -0.15) is 0 Å². The predicted molar refractivity (Wildman–Crippen MR) is 73.2 cm³/mol. The normalized spacial score (nSPS) is 20.2. The van der Waals surface area contributed by atoms with E-state index in [0.29, 0.717) is 0 Å². The lowest BCUT2D eigenvalue weighted by Gasteiger charge is -2.34. The number of carbonyl (C=O) groups is 1. The molecule has 1 aromatic heterocycles. The second-order valence-corrected chi connectivity index (χ2v) is 6.03. The van der Waals surface area contributed by atoms with E-state index in [0.717, 1.165) is 13.1 Å². The summed E-state index contributed by atoms with van der Waals surface area (Å²) in [5.74, 6) is 0.116. The van der Waals surface area contributed by atoms with Crippen LogP contribution < -0.4 is 0 Å². The molecule has 0 radical (unpaired) electrons. The molecule has 18 heavy (non-hydrogen) atoms. The lowest BCUT2D eigenvalue weighted by atomic mass is 9.96. The topological polar surface area (TPSA) is 25.2 Å². The van der Waals surface area contributed by atoms with Crippen molar-refractivity contribution < 1.29 is 4.79 Å². The van der Waals surface area contributed by atoms with Gasteiger partial charge >= 0.3 is 0 Å². The predicted octanol–water partition coefficient (Wildman–Crippen LogP) is 2.99. The molecule has 3 nitrogen and oxygen atoms in total. The molecule has 0 fully saturated rings. The molecule has 0 saturated carbocycles. The van der Waals surface area contributed by atoms with E-state index in [1.807, 2.05) is 17.0 Å². The number of aromatic nitrogens is 1. The SMILES string of the molecule is C[C@@H]1c2cccn2CCN1C(=O)/C=C\C(C)(C)C. The minimum absolute atomic E-state index is 0.0505. The van der Waals surface area contributed by atoms with Crippen LogP contribution in [0.15, 0.2) is 30.5 Å². The van der Waals surface area contributed by atoms with E-state index in [1.165, 1.54) is 5.69 Å². The maximum atomic E-state index is 12.2. The highest BCUT2D eigenvalue weighted by molar-refractivity contribution is 5.88. The van der Waals surface area contributed by atoms with Gasteiger partial charge in [0, 0.05) is 25.0 Å². The van der Waals surface area contributed by atoms with Crippen molar-refractivity contribution in [3.05, 3.63) is 36.2 Å². The number of fused-ring (bicyclic) bond motifs is 1. The van der Waals surface area contributed by atoms with E-state index in [-0.39, 0.29) is 17.4 Å². The second kappa shape index (κ2) is 4.63. The Morgan fingerprint density at radius 1 is 1.39 bits per heavy atom. The minimum Gasteiger partial charge on any atom is -0.348 e. The number of amides is 1. The fourth-order valence-corrected chi connectivity index (χ4v) is 2.30. The maximum absolute atomic E-state index is 12.2. The molecule has 0 N–H and O–H groups in total. The van der Waals surface area contributed by atoms with Gasteiger partial charge in [0.25, 0.3) is 0 Å². The Labute approximate surface area is 109 Å². The largest absolute Gasteiger partial charge is 0.348 e. The lowest BCUT2D eigenvalue weighted by molar-refractivity contribution is -0.129. The Hall–Kier alpha value is -1.51. The highest BCUT2D eigenvalue weighted by Crippen LogP contribution is 2.25. The summed E-state index contributed by atoms with van der Waals surface area (Å²) in [6.45, 7) is 10.1. The third kappa shape index (κ3) is 2.66. The van der Waals surface area contributed by atoms with Crippen LogP contribution in [0.4, 0.5) is 0 Å². The van der Waals surface area contributed by atoms with Crippen LogP contribution in [0.1, 0.15) is 39.4 Å². The van der Waals surface area contributed by atoms with Crippen LogP contribution in [0.2, 0.25) is 0 Å². The molecule has 2 heterocycles. The summed E-state index contributed by atoms with van der Waals surface area (Å²) in [6, 6.07) is 4.30. The summed E-state index contributed by atoms with van der Waals surface area (Å²) in [6.07, 6.45) is 5.78. The minimum atomic E-state index is 0.0505. The molecular formula is C15H22N2O. The van der Waals surface area contributed by atoms with Crippen LogP contribution in [0.25, 0.3) is 0 Å². The van der Waals surface area contributed by atoms with Gasteiger partial charge in [0.15, 0.2) is 0 Å². The van der Waals surface area contributed by atoms with Gasteiger partial charge in [-0.1, -0.05) is 26.8 Å². The first kappa shape index (κ1) is 12.9. The summed E-state index contributed by atoms with van der Waals surface area (Å²) < 4.78 is 2.22. The molecule has 1 amide bonds. The van der Waals surface area contributed by atoms with Crippen molar-refractivity contribution in [1.82, 2.24) is 9.47 Å². The standard InChI is InChI=1S/C15H22N2O/c1-12-13-6-5-9-16(13)10-11-17(12)14(18)7-8-15(2,3)4/h5-9,12H,10-11H2,1-4H3/b8-7-/t12-/m1/s1. The summed E-state index contributed by atoms with van der Waals surface area (Å²) in [7, 11) is 0. The van der Waals surface area contributed by atoms with Gasteiger partial charge in [0.05, 0.1) is 6.04 Å². The quantitative estimate of drug-likeness (QED) is 0.699. The Morgan fingerprint density at radius 2 is 2.11 bits per heavy atom. The fraction of sp³-hybridized carbons (Fsp3) is 0.533. The monoisotopic (exact) mass is 246 g/mol. The molecule has 0 unspecified atom stereocenters. The zero-order valence-corrected chi connectivity index (χ0v) is 11.7. The summed E-state index contributed by atoms with van der Waals surface area (Å²) in [5.41, 5.74) is 1.27. The molecule has 0 aromatic carbocycles. The Balaban J connectivity index is 2.12. The molecule has 0 aliphatic carbocycles. The van der Waals surface area contributed by atoms with Gasteiger partial charge < -0.3 is 9.47 Å². The van der Waals surface area contributed by atoms with E-state index in [4.69, 9.17) is 0 Å². The Morgan fingerprint density at radius 3 is 2.78 bits per heavy atom. The highest BCUT2D eigenvalue weighted by Gasteiger charge is 2.26. The first-order valence-electron chi connectivity index (χ1n) is 6.53. The molecule has 98 valence electrons. The third-order valence-corrected chi connectivity index (χ3v) is 3.35. The molecule has 1 aliphatic rings. The van der Waals surface area contributed by atoms with E-state index >= 15 is 0 Å². The van der Waals surface area contributed by atoms with E-state index in [9.17, 15) is 4.79 Å². The van der Waals surface area contributed by atoms with Crippen molar-refractivity contribution in [2.75, 3.05) is 6.54 Å². The number of hydrogen-bond donors (Lipinski definition) is 0. The molecule has 0 bridgehead atoms. The van der Waals surface area contributed by atoms with Gasteiger partial charge in [-0.05, 0) is 30.5 Å². The van der Waals surface area contributed by atoms with E-state index < -0.39 is 0 Å². The smallest absolute Gasteiger partial charge is 0.246 e. The summed E-state index contributed by atoms with van der Waals surface area (Å²) >= 11 is 0. The molecule has 0 spiro atoms. The molecule has 2 rings (SSSR count). The maximum Gasteiger partial charge on any atom is 0.246 e. The number of carbonyl (C=O) groups excluding carboxylic acids is 1. The zero-order valence-electron chi connectivity index (χ0n) is 11.7. The summed E-state index contributed by atoms with van der Waals surface area (Å²) in [4.78, 5) is 14.2. The molecule has 1 atom stereocenters. The van der Waals surface area contributed by atoms with Crippen molar-refractivity contribution >= 4 is 5.91 Å². The van der Waals surface area contributed by atoms with Gasteiger partial charge in [0.1, 0.15) is 0 Å². The molecule has 1 aliphatic heterocycles. The number of hydrogen-bond acceptors (Lipinski definition) is 1. The number of nitrogens with zero attached hydrogens (tertiary/aromatic N) is 2. The first-order chi connectivity index (χ1) is 8.38. The van der Waals surface area contributed by atoms with Crippen LogP contribution in [0.5, 0.6) is 0 Å². The van der Waals surface area contributed by atoms with E-state index in [2.05, 4.69) is 44.5 Å². The van der Waals surface area contributed by atoms with Crippen molar-refractivity contribution in [2.45, 2.75) is 40.3 Å². The molecule has 3 heteroatoms. The van der Waals surface area contributed by atoms with Crippen molar-refractivity contribution in [2.24, 2.45) is 5.41 Å². The average molecular weight is 246 g/mol. The Bertz CT molecular complexity index is 465. The molecular weight excluding hydrogens is 224 g/mol. The van der Waals surface area contributed by atoms with Crippen molar-refractivity contribution in [1.29, 1.82) is 0 Å². The number of rotatable bonds is 1. The van der Waals surface area contributed by atoms with Crippen LogP contribution in [-0.4, -0.2) is 21.9 Å². The van der Waals surface area contributed by atoms with Gasteiger partial charge in [-0.25, -0.2) is 0 Å². The number of allylic oxidation sites excluding steroid dienone is 1. The lowest BCUT2D eigenvalue weighted by Crippen LogP contribution is -2.39. The third-order valence-electron chi connectivity index (χ3n) is 3.35. The summed E-state index contributed by atoms with van der Waals surface area (Å²) in [5, 5.41) is 0. The zero-order chi connectivity index (χ0) is 13.3. The molecule has 0 saturated heterocycles. The van der Waals surface area contributed by atoms with E-state index in [1.54, 1.807) is 6.08 Å².